The number of rotatable bonds is 9. The molecule has 0 aliphatic heterocycles. The number of nitrogens with zero attached hydrogens (tertiary/aromatic N) is 2. The molecule has 0 saturated carbocycles. The minimum Gasteiger partial charge on any atom is -0.546 e. The molecule has 2 aromatic carbocycles. The Hall–Kier alpha value is -2.65. The van der Waals surface area contributed by atoms with Gasteiger partial charge in [0.15, 0.2) is 11.7 Å². The Bertz CT molecular complexity index is 926. The van der Waals surface area contributed by atoms with Crippen LogP contribution in [0.5, 0.6) is 17.8 Å². The number of aliphatic carboxylic acids is 1. The Morgan fingerprint density at radius 1 is 0.871 bits per heavy atom. The average molecular weight is 432 g/mol. The van der Waals surface area contributed by atoms with Gasteiger partial charge in [-0.3, -0.25) is 0 Å². The molecule has 1 heterocycles. The van der Waals surface area contributed by atoms with Crippen molar-refractivity contribution in [2.45, 2.75) is 11.7 Å². The SMILES string of the molecule is COc1cc(OC)nc(OC(C(=O)[O-])C(OC)(c2ccccc2)c2ccccc2)n1.[Na+]. The fourth-order valence-electron chi connectivity index (χ4n) is 3.23. The van der Waals surface area contributed by atoms with Gasteiger partial charge < -0.3 is 28.8 Å². The molecule has 1 unspecified atom stereocenters. The predicted molar refractivity (Wildman–Crippen MR) is 105 cm³/mol. The van der Waals surface area contributed by atoms with Gasteiger partial charge in [0.1, 0.15) is 0 Å². The molecule has 3 rings (SSSR count). The van der Waals surface area contributed by atoms with E-state index < -0.39 is 17.7 Å². The van der Waals surface area contributed by atoms with E-state index in [0.29, 0.717) is 11.1 Å². The zero-order valence-electron chi connectivity index (χ0n) is 17.8. The number of hydrogen-bond donors (Lipinski definition) is 0. The smallest absolute Gasteiger partial charge is 0.546 e. The molecule has 1 aromatic heterocycles. The number of carbonyl (C=O) groups excluding carboxylic acids is 1. The second-order valence-corrected chi connectivity index (χ2v) is 6.22. The first-order valence-corrected chi connectivity index (χ1v) is 9.06. The van der Waals surface area contributed by atoms with Crippen molar-refractivity contribution in [1.29, 1.82) is 0 Å². The van der Waals surface area contributed by atoms with E-state index in [1.165, 1.54) is 27.4 Å². The number of carbonyl (C=O) groups is 1. The molecule has 156 valence electrons. The van der Waals surface area contributed by atoms with Gasteiger partial charge in [0.25, 0.3) is 0 Å². The molecular weight excluding hydrogens is 411 g/mol. The van der Waals surface area contributed by atoms with Crippen molar-refractivity contribution in [1.82, 2.24) is 9.97 Å². The van der Waals surface area contributed by atoms with Crippen molar-refractivity contribution in [2.75, 3.05) is 21.3 Å². The van der Waals surface area contributed by atoms with Crippen LogP contribution in [-0.4, -0.2) is 43.4 Å². The first kappa shape index (κ1) is 24.6. The molecule has 8 nitrogen and oxygen atoms in total. The van der Waals surface area contributed by atoms with Crippen molar-refractivity contribution in [2.24, 2.45) is 0 Å². The topological polar surface area (TPSA) is 103 Å². The zero-order chi connectivity index (χ0) is 21.6. The van der Waals surface area contributed by atoms with Crippen LogP contribution in [0.4, 0.5) is 0 Å². The van der Waals surface area contributed by atoms with Crippen molar-refractivity contribution >= 4 is 5.97 Å². The van der Waals surface area contributed by atoms with Crippen molar-refractivity contribution in [3.05, 3.63) is 77.9 Å². The van der Waals surface area contributed by atoms with Gasteiger partial charge in [-0.15, -0.1) is 0 Å². The monoisotopic (exact) mass is 432 g/mol. The van der Waals surface area contributed by atoms with E-state index in [4.69, 9.17) is 18.9 Å². The Morgan fingerprint density at radius 2 is 1.32 bits per heavy atom. The van der Waals surface area contributed by atoms with Crippen LogP contribution in [0, 0.1) is 0 Å². The number of carboxylic acids is 1. The number of hydrogen-bond acceptors (Lipinski definition) is 8. The molecule has 0 N–H and O–H groups in total. The zero-order valence-corrected chi connectivity index (χ0v) is 19.8. The van der Waals surface area contributed by atoms with Crippen LogP contribution in [0.3, 0.4) is 0 Å². The van der Waals surface area contributed by atoms with Gasteiger partial charge in [0, 0.05) is 7.11 Å². The van der Waals surface area contributed by atoms with Crippen molar-refractivity contribution in [3.63, 3.8) is 0 Å². The second kappa shape index (κ2) is 11.1. The summed E-state index contributed by atoms with van der Waals surface area (Å²) in [6, 6.07) is 19.0. The summed E-state index contributed by atoms with van der Waals surface area (Å²) in [5.74, 6) is -1.21. The molecule has 0 radical (unpaired) electrons. The van der Waals surface area contributed by atoms with Gasteiger partial charge in [-0.25, -0.2) is 0 Å². The first-order chi connectivity index (χ1) is 14.5. The standard InChI is InChI=1S/C22H22N2O6.Na/c1-27-17-14-18(28-2)24-21(23-17)30-19(20(25)26)22(29-3,15-10-6-4-7-11-15)16-12-8-5-9-13-16;/h4-14,19H,1-3H3,(H,25,26);/q;+1/p-1. The molecule has 1 atom stereocenters. The molecule has 0 bridgehead atoms. The van der Waals surface area contributed by atoms with E-state index in [0.717, 1.165) is 0 Å². The maximum absolute atomic E-state index is 12.3. The second-order valence-electron chi connectivity index (χ2n) is 6.22. The van der Waals surface area contributed by atoms with E-state index >= 15 is 0 Å². The number of ether oxygens (including phenoxy) is 4. The van der Waals surface area contributed by atoms with E-state index in [9.17, 15) is 9.90 Å². The maximum atomic E-state index is 12.3. The third-order valence-corrected chi connectivity index (χ3v) is 4.61. The van der Waals surface area contributed by atoms with Gasteiger partial charge in [0.05, 0.1) is 26.3 Å². The van der Waals surface area contributed by atoms with E-state index in [1.807, 2.05) is 12.1 Å². The minimum atomic E-state index is -1.64. The number of methoxy groups -OCH3 is 3. The number of aromatic nitrogens is 2. The van der Waals surface area contributed by atoms with Gasteiger partial charge in [-0.05, 0) is 11.1 Å². The quantitative estimate of drug-likeness (QED) is 0.380. The van der Waals surface area contributed by atoms with Crippen LogP contribution in [0.2, 0.25) is 0 Å². The van der Waals surface area contributed by atoms with E-state index in [2.05, 4.69) is 9.97 Å². The molecule has 0 saturated heterocycles. The molecule has 9 heteroatoms. The van der Waals surface area contributed by atoms with Gasteiger partial charge in [-0.2, -0.15) is 9.97 Å². The van der Waals surface area contributed by atoms with E-state index in [1.54, 1.807) is 48.5 Å². The Balaban J connectivity index is 0.00000341. The van der Waals surface area contributed by atoms with Gasteiger partial charge in [0.2, 0.25) is 11.8 Å². The fourth-order valence-corrected chi connectivity index (χ4v) is 3.23. The summed E-state index contributed by atoms with van der Waals surface area (Å²) in [5.41, 5.74) is -0.424. The van der Waals surface area contributed by atoms with E-state index in [-0.39, 0.29) is 47.3 Å². The summed E-state index contributed by atoms with van der Waals surface area (Å²) in [4.78, 5) is 20.5. The normalized spacial score (nSPS) is 11.7. The van der Waals surface area contributed by atoms with Crippen LogP contribution < -0.4 is 48.9 Å². The van der Waals surface area contributed by atoms with Gasteiger partial charge in [-0.1, -0.05) is 60.7 Å². The summed E-state index contributed by atoms with van der Waals surface area (Å²) < 4.78 is 21.8. The first-order valence-electron chi connectivity index (χ1n) is 9.06. The van der Waals surface area contributed by atoms with Crippen LogP contribution >= 0.6 is 0 Å². The molecule has 31 heavy (non-hydrogen) atoms. The molecule has 3 aromatic rings. The predicted octanol–water partition coefficient (Wildman–Crippen LogP) is -1.41. The molecule has 0 amide bonds. The fraction of sp³-hybridized carbons (Fsp3) is 0.227. The van der Waals surface area contributed by atoms with Crippen molar-refractivity contribution < 1.29 is 58.4 Å². The maximum Gasteiger partial charge on any atom is 1.00 e. The van der Waals surface area contributed by atoms with Crippen LogP contribution in [0.25, 0.3) is 0 Å². The molecule has 0 fully saturated rings. The molecule has 0 spiro atoms. The Kier molecular flexibility index (Phi) is 8.82. The summed E-state index contributed by atoms with van der Waals surface area (Å²) in [6.07, 6.45) is -1.64. The summed E-state index contributed by atoms with van der Waals surface area (Å²) >= 11 is 0. The number of carboxylic acid groups (broad SMARTS) is 1. The Labute approximate surface area is 202 Å². The third-order valence-electron chi connectivity index (χ3n) is 4.61. The number of benzene rings is 2. The van der Waals surface area contributed by atoms with Crippen molar-refractivity contribution in [3.8, 4) is 17.8 Å². The molecule has 0 aliphatic rings. The summed E-state index contributed by atoms with van der Waals surface area (Å²) in [7, 11) is 4.23. The summed E-state index contributed by atoms with van der Waals surface area (Å²) in [5, 5.41) is 12.3. The molecular formula is C22H21N2NaO6. The van der Waals surface area contributed by atoms with Crippen LogP contribution in [0.1, 0.15) is 11.1 Å². The van der Waals surface area contributed by atoms with Crippen LogP contribution in [0.15, 0.2) is 66.7 Å². The average Bonchev–Trinajstić information content (AvgIpc) is 2.80. The Morgan fingerprint density at radius 3 is 1.68 bits per heavy atom. The van der Waals surface area contributed by atoms with Crippen LogP contribution in [-0.2, 0) is 15.1 Å². The summed E-state index contributed by atoms with van der Waals surface area (Å²) in [6.45, 7) is 0. The van der Waals surface area contributed by atoms with Gasteiger partial charge >= 0.3 is 35.6 Å². The minimum absolute atomic E-state index is 0. The molecule has 0 aliphatic carbocycles. The largest absolute Gasteiger partial charge is 1.00 e. The third kappa shape index (κ3) is 5.16.